The van der Waals surface area contributed by atoms with Crippen LogP contribution < -0.4 is 5.73 Å². The molecule has 1 aromatic carbocycles. The predicted octanol–water partition coefficient (Wildman–Crippen LogP) is 2.81. The standard InChI is InChI=1S/C14H17ClFN3/c1-2-19-7-6-18-13(19)9-11(17)8-10-4-3-5-12(15)14(10)16/h3-7,11H,2,8-9,17H2,1H3. The van der Waals surface area contributed by atoms with E-state index < -0.39 is 0 Å². The van der Waals surface area contributed by atoms with Gasteiger partial charge in [-0.1, -0.05) is 23.7 Å². The van der Waals surface area contributed by atoms with Gasteiger partial charge in [0, 0.05) is 31.4 Å². The molecule has 0 saturated heterocycles. The number of hydrogen-bond donors (Lipinski definition) is 1. The Morgan fingerprint density at radius 1 is 1.42 bits per heavy atom. The van der Waals surface area contributed by atoms with E-state index in [1.807, 2.05) is 17.7 Å². The Balaban J connectivity index is 2.05. The molecule has 19 heavy (non-hydrogen) atoms. The lowest BCUT2D eigenvalue weighted by atomic mass is 10.0. The van der Waals surface area contributed by atoms with Gasteiger partial charge < -0.3 is 10.3 Å². The minimum atomic E-state index is -0.376. The highest BCUT2D eigenvalue weighted by atomic mass is 35.5. The van der Waals surface area contributed by atoms with E-state index in [-0.39, 0.29) is 16.9 Å². The van der Waals surface area contributed by atoms with Crippen molar-refractivity contribution in [1.82, 2.24) is 9.55 Å². The second kappa shape index (κ2) is 6.17. The zero-order valence-electron chi connectivity index (χ0n) is 10.8. The van der Waals surface area contributed by atoms with Crippen molar-refractivity contribution in [2.75, 3.05) is 0 Å². The number of nitrogens with two attached hydrogens (primary N) is 1. The molecular weight excluding hydrogens is 265 g/mol. The molecule has 5 heteroatoms. The molecule has 1 heterocycles. The van der Waals surface area contributed by atoms with Crippen LogP contribution >= 0.6 is 11.6 Å². The van der Waals surface area contributed by atoms with E-state index in [0.717, 1.165) is 12.4 Å². The summed E-state index contributed by atoms with van der Waals surface area (Å²) < 4.78 is 15.8. The molecule has 3 nitrogen and oxygen atoms in total. The second-order valence-electron chi connectivity index (χ2n) is 4.51. The minimum Gasteiger partial charge on any atom is -0.335 e. The molecular formula is C14H17ClFN3. The molecule has 0 spiro atoms. The SMILES string of the molecule is CCn1ccnc1CC(N)Cc1cccc(Cl)c1F. The van der Waals surface area contributed by atoms with Gasteiger partial charge in [-0.2, -0.15) is 0 Å². The first-order chi connectivity index (χ1) is 9.11. The van der Waals surface area contributed by atoms with Crippen molar-refractivity contribution in [3.63, 3.8) is 0 Å². The lowest BCUT2D eigenvalue weighted by molar-refractivity contribution is 0.567. The fourth-order valence-corrected chi connectivity index (χ4v) is 2.31. The summed E-state index contributed by atoms with van der Waals surface area (Å²) in [6, 6.07) is 4.81. The Hall–Kier alpha value is -1.39. The summed E-state index contributed by atoms with van der Waals surface area (Å²) in [5.74, 6) is 0.552. The van der Waals surface area contributed by atoms with Crippen molar-refractivity contribution in [1.29, 1.82) is 0 Å². The summed E-state index contributed by atoms with van der Waals surface area (Å²) in [4.78, 5) is 4.27. The van der Waals surface area contributed by atoms with Gasteiger partial charge in [-0.25, -0.2) is 9.37 Å². The first-order valence-electron chi connectivity index (χ1n) is 6.30. The summed E-state index contributed by atoms with van der Waals surface area (Å²) in [6.07, 6.45) is 4.74. The molecule has 0 amide bonds. The molecule has 2 N–H and O–H groups in total. The molecule has 1 unspecified atom stereocenters. The maximum atomic E-state index is 13.8. The van der Waals surface area contributed by atoms with Crippen LogP contribution in [0.1, 0.15) is 18.3 Å². The highest BCUT2D eigenvalue weighted by molar-refractivity contribution is 6.30. The van der Waals surface area contributed by atoms with Gasteiger partial charge in [-0.3, -0.25) is 0 Å². The van der Waals surface area contributed by atoms with Crippen LogP contribution in [0.25, 0.3) is 0 Å². The van der Waals surface area contributed by atoms with Gasteiger partial charge in [0.1, 0.15) is 11.6 Å². The van der Waals surface area contributed by atoms with Gasteiger partial charge >= 0.3 is 0 Å². The summed E-state index contributed by atoms with van der Waals surface area (Å²) >= 11 is 5.76. The second-order valence-corrected chi connectivity index (χ2v) is 4.92. The number of rotatable bonds is 5. The van der Waals surface area contributed by atoms with Crippen molar-refractivity contribution >= 4 is 11.6 Å². The zero-order chi connectivity index (χ0) is 13.8. The average Bonchev–Trinajstić information content (AvgIpc) is 2.82. The molecule has 0 radical (unpaired) electrons. The van der Waals surface area contributed by atoms with E-state index >= 15 is 0 Å². The van der Waals surface area contributed by atoms with E-state index in [0.29, 0.717) is 18.4 Å². The molecule has 2 aromatic rings. The van der Waals surface area contributed by atoms with Crippen molar-refractivity contribution < 1.29 is 4.39 Å². The van der Waals surface area contributed by atoms with Crippen molar-refractivity contribution in [3.8, 4) is 0 Å². The van der Waals surface area contributed by atoms with Crippen LogP contribution in [-0.4, -0.2) is 15.6 Å². The monoisotopic (exact) mass is 281 g/mol. The maximum Gasteiger partial charge on any atom is 0.145 e. The Bertz CT molecular complexity index is 553. The first kappa shape index (κ1) is 14.0. The average molecular weight is 282 g/mol. The Morgan fingerprint density at radius 2 is 2.21 bits per heavy atom. The Morgan fingerprint density at radius 3 is 2.95 bits per heavy atom. The minimum absolute atomic E-state index is 0.139. The van der Waals surface area contributed by atoms with Crippen LogP contribution in [0.4, 0.5) is 4.39 Å². The number of imidazole rings is 1. The van der Waals surface area contributed by atoms with Crippen LogP contribution in [0, 0.1) is 5.82 Å². The normalized spacial score (nSPS) is 12.6. The molecule has 2 rings (SSSR count). The highest BCUT2D eigenvalue weighted by Gasteiger charge is 2.13. The van der Waals surface area contributed by atoms with Crippen LogP contribution in [0.2, 0.25) is 5.02 Å². The zero-order valence-corrected chi connectivity index (χ0v) is 11.6. The third-order valence-corrected chi connectivity index (χ3v) is 3.39. The number of hydrogen-bond acceptors (Lipinski definition) is 2. The van der Waals surface area contributed by atoms with Crippen molar-refractivity contribution in [2.45, 2.75) is 32.4 Å². The summed E-state index contributed by atoms with van der Waals surface area (Å²) in [6.45, 7) is 2.90. The fraction of sp³-hybridized carbons (Fsp3) is 0.357. The third-order valence-electron chi connectivity index (χ3n) is 3.10. The third kappa shape index (κ3) is 3.33. The largest absolute Gasteiger partial charge is 0.335 e. The van der Waals surface area contributed by atoms with E-state index in [2.05, 4.69) is 4.98 Å². The lowest BCUT2D eigenvalue weighted by Crippen LogP contribution is -2.27. The molecule has 0 aliphatic heterocycles. The number of aromatic nitrogens is 2. The number of aryl methyl sites for hydroxylation is 1. The number of benzene rings is 1. The molecule has 0 aliphatic rings. The van der Waals surface area contributed by atoms with E-state index in [1.165, 1.54) is 6.07 Å². The van der Waals surface area contributed by atoms with E-state index in [1.54, 1.807) is 18.3 Å². The molecule has 102 valence electrons. The van der Waals surface area contributed by atoms with Crippen molar-refractivity contribution in [2.24, 2.45) is 5.73 Å². The van der Waals surface area contributed by atoms with E-state index in [9.17, 15) is 4.39 Å². The lowest BCUT2D eigenvalue weighted by Gasteiger charge is -2.13. The van der Waals surface area contributed by atoms with Gasteiger partial charge in [0.05, 0.1) is 5.02 Å². The Kier molecular flexibility index (Phi) is 4.56. The number of nitrogens with zero attached hydrogens (tertiary/aromatic N) is 2. The Labute approximate surface area is 117 Å². The van der Waals surface area contributed by atoms with Crippen LogP contribution in [-0.2, 0) is 19.4 Å². The smallest absolute Gasteiger partial charge is 0.145 e. The molecule has 1 atom stereocenters. The maximum absolute atomic E-state index is 13.8. The molecule has 1 aromatic heterocycles. The number of halogens is 2. The van der Waals surface area contributed by atoms with Crippen molar-refractivity contribution in [3.05, 3.63) is 52.8 Å². The molecule has 0 bridgehead atoms. The topological polar surface area (TPSA) is 43.8 Å². The first-order valence-corrected chi connectivity index (χ1v) is 6.68. The van der Waals surface area contributed by atoms with Crippen LogP contribution in [0.5, 0.6) is 0 Å². The van der Waals surface area contributed by atoms with Crippen LogP contribution in [0.15, 0.2) is 30.6 Å². The summed E-state index contributed by atoms with van der Waals surface area (Å²) in [5.41, 5.74) is 6.63. The predicted molar refractivity (Wildman–Crippen MR) is 74.7 cm³/mol. The molecule has 0 fully saturated rings. The highest BCUT2D eigenvalue weighted by Crippen LogP contribution is 2.19. The van der Waals surface area contributed by atoms with Gasteiger partial charge in [0.15, 0.2) is 0 Å². The van der Waals surface area contributed by atoms with Crippen LogP contribution in [0.3, 0.4) is 0 Å². The summed E-state index contributed by atoms with van der Waals surface area (Å²) in [5, 5.41) is 0.139. The fourth-order valence-electron chi connectivity index (χ4n) is 2.11. The van der Waals surface area contributed by atoms with Gasteiger partial charge in [-0.05, 0) is 25.0 Å². The van der Waals surface area contributed by atoms with E-state index in [4.69, 9.17) is 17.3 Å². The molecule has 0 aliphatic carbocycles. The summed E-state index contributed by atoms with van der Waals surface area (Å²) in [7, 11) is 0. The van der Waals surface area contributed by atoms with Gasteiger partial charge in [-0.15, -0.1) is 0 Å². The molecule has 0 saturated carbocycles. The quantitative estimate of drug-likeness (QED) is 0.916. The van der Waals surface area contributed by atoms with Gasteiger partial charge in [0.2, 0.25) is 0 Å². The van der Waals surface area contributed by atoms with Gasteiger partial charge in [0.25, 0.3) is 0 Å².